The summed E-state index contributed by atoms with van der Waals surface area (Å²) in [4.78, 5) is 30.2. The van der Waals surface area contributed by atoms with Crippen molar-refractivity contribution in [2.75, 3.05) is 33.8 Å². The Morgan fingerprint density at radius 1 is 1.09 bits per heavy atom. The van der Waals surface area contributed by atoms with Gasteiger partial charge in [-0.25, -0.2) is 0 Å². The van der Waals surface area contributed by atoms with Gasteiger partial charge in [0.2, 0.25) is 0 Å². The molecule has 0 aliphatic carbocycles. The van der Waals surface area contributed by atoms with E-state index in [1.165, 1.54) is 0 Å². The van der Waals surface area contributed by atoms with E-state index in [9.17, 15) is 14.7 Å². The van der Waals surface area contributed by atoms with Crippen molar-refractivity contribution in [3.05, 3.63) is 70.3 Å². The zero-order chi connectivity index (χ0) is 25.9. The molecule has 0 radical (unpaired) electrons. The molecule has 3 rings (SSSR count). The van der Waals surface area contributed by atoms with Gasteiger partial charge in [-0.15, -0.1) is 0 Å². The topological polar surface area (TPSA) is 70.1 Å². The average molecular weight is 479 g/mol. The van der Waals surface area contributed by atoms with Crippen LogP contribution in [0.3, 0.4) is 0 Å². The first-order chi connectivity index (χ1) is 16.5. The summed E-state index contributed by atoms with van der Waals surface area (Å²) in [6.45, 7) is 11.9. The molecule has 0 aromatic heterocycles. The SMILES string of the molecule is CCOc1ccc(C2/C(=C(\O)c3cc(C(C)(C)C)ccc3C)C(=O)C(=O)N2CCCN(C)C)cc1. The lowest BCUT2D eigenvalue weighted by molar-refractivity contribution is -0.139. The third kappa shape index (κ3) is 5.76. The summed E-state index contributed by atoms with van der Waals surface area (Å²) >= 11 is 0. The molecule has 1 aliphatic heterocycles. The van der Waals surface area contributed by atoms with Gasteiger partial charge in [-0.05, 0) is 81.2 Å². The molecular formula is C29H38N2O4. The van der Waals surface area contributed by atoms with Crippen LogP contribution in [0.5, 0.6) is 5.75 Å². The van der Waals surface area contributed by atoms with E-state index in [1.807, 2.05) is 75.3 Å². The number of carbonyl (C=O) groups is 2. The lowest BCUT2D eigenvalue weighted by Gasteiger charge is -2.26. The summed E-state index contributed by atoms with van der Waals surface area (Å²) in [6.07, 6.45) is 0.714. The van der Waals surface area contributed by atoms with Crippen LogP contribution < -0.4 is 4.74 Å². The van der Waals surface area contributed by atoms with Gasteiger partial charge in [-0.1, -0.05) is 45.0 Å². The normalized spacial score (nSPS) is 17.9. The van der Waals surface area contributed by atoms with Gasteiger partial charge in [0.1, 0.15) is 11.5 Å². The minimum atomic E-state index is -0.662. The monoisotopic (exact) mass is 478 g/mol. The van der Waals surface area contributed by atoms with Crippen molar-refractivity contribution < 1.29 is 19.4 Å². The van der Waals surface area contributed by atoms with E-state index in [0.717, 1.165) is 29.0 Å². The highest BCUT2D eigenvalue weighted by atomic mass is 16.5. The van der Waals surface area contributed by atoms with Crippen LogP contribution in [0.1, 0.15) is 62.4 Å². The van der Waals surface area contributed by atoms with Gasteiger partial charge in [-0.3, -0.25) is 9.59 Å². The van der Waals surface area contributed by atoms with Crippen molar-refractivity contribution in [3.8, 4) is 5.75 Å². The number of Topliss-reactive ketones (excluding diaryl/α,β-unsaturated/α-hetero) is 1. The van der Waals surface area contributed by atoms with Gasteiger partial charge < -0.3 is 19.6 Å². The fourth-order valence-electron chi connectivity index (χ4n) is 4.42. The Kier molecular flexibility index (Phi) is 8.06. The second-order valence-electron chi connectivity index (χ2n) is 10.4. The van der Waals surface area contributed by atoms with Gasteiger partial charge in [-0.2, -0.15) is 0 Å². The van der Waals surface area contributed by atoms with Gasteiger partial charge in [0.15, 0.2) is 0 Å². The molecule has 1 amide bonds. The molecule has 1 atom stereocenters. The Morgan fingerprint density at radius 3 is 2.31 bits per heavy atom. The quantitative estimate of drug-likeness (QED) is 0.326. The maximum atomic E-state index is 13.3. The predicted molar refractivity (Wildman–Crippen MR) is 140 cm³/mol. The van der Waals surface area contributed by atoms with Crippen molar-refractivity contribution in [1.29, 1.82) is 0 Å². The number of aliphatic hydroxyl groups is 1. The van der Waals surface area contributed by atoms with Crippen LogP contribution in [0.15, 0.2) is 48.0 Å². The Balaban J connectivity index is 2.15. The van der Waals surface area contributed by atoms with E-state index >= 15 is 0 Å². The zero-order valence-electron chi connectivity index (χ0n) is 22.0. The smallest absolute Gasteiger partial charge is 0.295 e. The first kappa shape index (κ1) is 26.5. The average Bonchev–Trinajstić information content (AvgIpc) is 3.04. The molecule has 6 heteroatoms. The molecule has 35 heavy (non-hydrogen) atoms. The number of hydrogen-bond acceptors (Lipinski definition) is 5. The number of ketones is 1. The Hall–Kier alpha value is -3.12. The molecule has 0 bridgehead atoms. The van der Waals surface area contributed by atoms with Crippen LogP contribution in [0.4, 0.5) is 0 Å². The molecule has 0 saturated carbocycles. The van der Waals surface area contributed by atoms with Crippen molar-refractivity contribution in [2.45, 2.75) is 52.5 Å². The van der Waals surface area contributed by atoms with Crippen molar-refractivity contribution >= 4 is 17.4 Å². The fourth-order valence-corrected chi connectivity index (χ4v) is 4.42. The maximum absolute atomic E-state index is 13.3. The molecule has 188 valence electrons. The number of rotatable bonds is 8. The van der Waals surface area contributed by atoms with Gasteiger partial charge >= 0.3 is 0 Å². The molecule has 1 fully saturated rings. The number of aliphatic hydroxyl groups excluding tert-OH is 1. The van der Waals surface area contributed by atoms with Crippen LogP contribution in [0.2, 0.25) is 0 Å². The summed E-state index contributed by atoms with van der Waals surface area (Å²) in [6, 6.07) is 12.7. The van der Waals surface area contributed by atoms with E-state index in [2.05, 4.69) is 20.8 Å². The first-order valence-electron chi connectivity index (χ1n) is 12.2. The molecular weight excluding hydrogens is 440 g/mol. The zero-order valence-corrected chi connectivity index (χ0v) is 22.0. The van der Waals surface area contributed by atoms with Crippen LogP contribution in [-0.4, -0.2) is 60.4 Å². The number of benzene rings is 2. The third-order valence-corrected chi connectivity index (χ3v) is 6.41. The molecule has 2 aromatic carbocycles. The van der Waals surface area contributed by atoms with Crippen LogP contribution in [0.25, 0.3) is 5.76 Å². The molecule has 1 heterocycles. The number of nitrogens with zero attached hydrogens (tertiary/aromatic N) is 2. The highest BCUT2D eigenvalue weighted by molar-refractivity contribution is 6.46. The number of ether oxygens (including phenoxy) is 1. The van der Waals surface area contributed by atoms with E-state index in [1.54, 1.807) is 4.90 Å². The van der Waals surface area contributed by atoms with Gasteiger partial charge in [0, 0.05) is 12.1 Å². The van der Waals surface area contributed by atoms with E-state index in [-0.39, 0.29) is 16.7 Å². The summed E-state index contributed by atoms with van der Waals surface area (Å²) < 4.78 is 5.57. The Bertz CT molecular complexity index is 1110. The standard InChI is InChI=1S/C29H38N2O4/c1-8-35-22-14-11-20(12-15-22)25-24(27(33)28(34)31(25)17-9-16-30(6)7)26(32)23-18-21(29(3,4)5)13-10-19(23)2/h10-15,18,25,32H,8-9,16-17H2,1-7H3/b26-24+. The number of amides is 1. The predicted octanol–water partition coefficient (Wildman–Crippen LogP) is 5.06. The van der Waals surface area contributed by atoms with Crippen LogP contribution >= 0.6 is 0 Å². The van der Waals surface area contributed by atoms with E-state index < -0.39 is 17.7 Å². The number of likely N-dealkylation sites (tertiary alicyclic amines) is 1. The molecule has 1 saturated heterocycles. The van der Waals surface area contributed by atoms with Crippen LogP contribution in [-0.2, 0) is 15.0 Å². The van der Waals surface area contributed by atoms with Crippen molar-refractivity contribution in [1.82, 2.24) is 9.80 Å². The highest BCUT2D eigenvalue weighted by Gasteiger charge is 2.46. The summed E-state index contributed by atoms with van der Waals surface area (Å²) in [5.74, 6) is -0.629. The van der Waals surface area contributed by atoms with E-state index in [0.29, 0.717) is 25.1 Å². The third-order valence-electron chi connectivity index (χ3n) is 6.41. The number of aryl methyl sites for hydroxylation is 1. The Morgan fingerprint density at radius 2 is 1.74 bits per heavy atom. The van der Waals surface area contributed by atoms with Gasteiger partial charge in [0.25, 0.3) is 11.7 Å². The van der Waals surface area contributed by atoms with E-state index in [4.69, 9.17) is 4.74 Å². The molecule has 2 aromatic rings. The van der Waals surface area contributed by atoms with Crippen molar-refractivity contribution in [2.24, 2.45) is 0 Å². The second kappa shape index (κ2) is 10.6. The highest BCUT2D eigenvalue weighted by Crippen LogP contribution is 2.41. The minimum absolute atomic E-state index is 0.124. The van der Waals surface area contributed by atoms with Crippen LogP contribution in [0, 0.1) is 6.92 Å². The first-order valence-corrected chi connectivity index (χ1v) is 12.2. The molecule has 0 spiro atoms. The summed E-state index contributed by atoms with van der Waals surface area (Å²) in [5.41, 5.74) is 3.25. The molecule has 1 N–H and O–H groups in total. The van der Waals surface area contributed by atoms with Crippen molar-refractivity contribution in [3.63, 3.8) is 0 Å². The minimum Gasteiger partial charge on any atom is -0.507 e. The number of hydrogen-bond donors (Lipinski definition) is 1. The molecule has 1 aliphatic rings. The molecule has 1 unspecified atom stereocenters. The molecule has 6 nitrogen and oxygen atoms in total. The van der Waals surface area contributed by atoms with Gasteiger partial charge in [0.05, 0.1) is 18.2 Å². The lowest BCUT2D eigenvalue weighted by Crippen LogP contribution is -2.32. The summed E-state index contributed by atoms with van der Waals surface area (Å²) in [5, 5.41) is 11.5. The maximum Gasteiger partial charge on any atom is 0.295 e. The Labute approximate surface area is 209 Å². The fraction of sp³-hybridized carbons (Fsp3) is 0.448. The lowest BCUT2D eigenvalue weighted by atomic mass is 9.84. The number of carbonyl (C=O) groups excluding carboxylic acids is 2. The second-order valence-corrected chi connectivity index (χ2v) is 10.4. The largest absolute Gasteiger partial charge is 0.507 e. The summed E-state index contributed by atoms with van der Waals surface area (Å²) in [7, 11) is 3.95.